The first-order valence-corrected chi connectivity index (χ1v) is 3.73. The second-order valence-electron chi connectivity index (χ2n) is 1.83. The van der Waals surface area contributed by atoms with E-state index in [0.29, 0.717) is 0 Å². The number of carbonyl (C=O) groups excluding carboxylic acids is 3. The molecule has 0 N–H and O–H groups in total. The molecule has 0 aromatic rings. The highest BCUT2D eigenvalue weighted by Gasteiger charge is 2.40. The maximum atomic E-state index is 10.9. The largest absolute Gasteiger partial charge is 0.330 e. The fraction of sp³-hybridized carbons (Fsp3) is 0. The van der Waals surface area contributed by atoms with E-state index >= 15 is 0 Å². The highest BCUT2D eigenvalue weighted by Crippen LogP contribution is 2.27. The topological polar surface area (TPSA) is 54.5 Å². The second-order valence-corrected chi connectivity index (χ2v) is 2.91. The third-order valence-electron chi connectivity index (χ3n) is 1.15. The van der Waals surface area contributed by atoms with Gasteiger partial charge in [-0.1, -0.05) is 23.2 Å². The molecule has 0 aromatic heterocycles. The summed E-state index contributed by atoms with van der Waals surface area (Å²) in [5, 5.41) is -2.20. The van der Waals surface area contributed by atoms with Crippen LogP contribution in [0.1, 0.15) is 0 Å². The van der Waals surface area contributed by atoms with Gasteiger partial charge in [0.1, 0.15) is 10.1 Å². The van der Waals surface area contributed by atoms with Gasteiger partial charge >= 0.3 is 5.37 Å². The van der Waals surface area contributed by atoms with Gasteiger partial charge in [0.15, 0.2) is 0 Å². The lowest BCUT2D eigenvalue weighted by Crippen LogP contribution is -2.33. The van der Waals surface area contributed by atoms with Gasteiger partial charge in [0.05, 0.1) is 0 Å². The van der Waals surface area contributed by atoms with Crippen LogP contribution in [0.2, 0.25) is 0 Å². The molecule has 0 atom stereocenters. The number of hydrogen-bond acceptors (Lipinski definition) is 3. The van der Waals surface area contributed by atoms with Crippen molar-refractivity contribution in [1.29, 1.82) is 0 Å². The van der Waals surface area contributed by atoms with Crippen molar-refractivity contribution in [2.75, 3.05) is 0 Å². The Morgan fingerprint density at radius 1 is 1.08 bits per heavy atom. The maximum absolute atomic E-state index is 10.9. The second kappa shape index (κ2) is 3.05. The number of imide groups is 3. The van der Waals surface area contributed by atoms with Crippen LogP contribution >= 0.6 is 34.8 Å². The summed E-state index contributed by atoms with van der Waals surface area (Å²) < 4.78 is 0. The van der Waals surface area contributed by atoms with E-state index in [2.05, 4.69) is 0 Å². The SMILES string of the molecule is O=C(Cl)N1C(=O)C(Cl)=C(Cl)C1=O. The zero-order chi connectivity index (χ0) is 9.46. The van der Waals surface area contributed by atoms with Crippen molar-refractivity contribution in [2.45, 2.75) is 0 Å². The number of nitrogens with zero attached hydrogens (tertiary/aromatic N) is 1. The molecule has 1 aliphatic rings. The molecular formula is C5Cl3NO3. The Kier molecular flexibility index (Phi) is 2.41. The standard InChI is InChI=1S/C5Cl3NO3/c6-1-2(7)4(11)9(3(1)10)5(8)12. The average molecular weight is 228 g/mol. The van der Waals surface area contributed by atoms with Crippen LogP contribution in [-0.4, -0.2) is 22.1 Å². The molecule has 0 aromatic carbocycles. The minimum absolute atomic E-state index is 0.159. The molecule has 0 aliphatic carbocycles. The zero-order valence-corrected chi connectivity index (χ0v) is 7.57. The Bertz CT molecular complexity index is 298. The molecular weight excluding hydrogens is 228 g/mol. The van der Waals surface area contributed by atoms with Crippen LogP contribution in [0.4, 0.5) is 4.79 Å². The first-order chi connectivity index (χ1) is 5.46. The van der Waals surface area contributed by atoms with Crippen molar-refractivity contribution < 1.29 is 14.4 Å². The summed E-state index contributed by atoms with van der Waals surface area (Å²) in [5.41, 5.74) is 0. The molecule has 0 unspecified atom stereocenters. The van der Waals surface area contributed by atoms with E-state index < -0.39 is 27.2 Å². The minimum atomic E-state index is -1.22. The van der Waals surface area contributed by atoms with Gasteiger partial charge < -0.3 is 0 Å². The molecule has 0 radical (unpaired) electrons. The highest BCUT2D eigenvalue weighted by atomic mass is 35.5. The van der Waals surface area contributed by atoms with Crippen molar-refractivity contribution in [3.05, 3.63) is 10.1 Å². The molecule has 7 heteroatoms. The summed E-state index contributed by atoms with van der Waals surface area (Å²) >= 11 is 15.4. The molecule has 1 heterocycles. The quantitative estimate of drug-likeness (QED) is 0.358. The van der Waals surface area contributed by atoms with Gasteiger partial charge in [-0.25, -0.2) is 0 Å². The summed E-state index contributed by atoms with van der Waals surface area (Å²) in [4.78, 5) is 32.4. The summed E-state index contributed by atoms with van der Waals surface area (Å²) in [6.07, 6.45) is 0. The van der Waals surface area contributed by atoms with Gasteiger partial charge in [-0.3, -0.25) is 14.4 Å². The molecule has 1 aliphatic heterocycles. The van der Waals surface area contributed by atoms with Gasteiger partial charge in [0, 0.05) is 0 Å². The van der Waals surface area contributed by atoms with E-state index in [-0.39, 0.29) is 4.90 Å². The molecule has 12 heavy (non-hydrogen) atoms. The smallest absolute Gasteiger partial charge is 0.267 e. The van der Waals surface area contributed by atoms with E-state index in [1.807, 2.05) is 0 Å². The number of halogens is 3. The van der Waals surface area contributed by atoms with Crippen molar-refractivity contribution in [3.63, 3.8) is 0 Å². The minimum Gasteiger partial charge on any atom is -0.267 e. The average Bonchev–Trinajstić information content (AvgIpc) is 2.16. The van der Waals surface area contributed by atoms with Crippen LogP contribution in [0.5, 0.6) is 0 Å². The van der Waals surface area contributed by atoms with Gasteiger partial charge in [0.25, 0.3) is 11.8 Å². The van der Waals surface area contributed by atoms with E-state index in [4.69, 9.17) is 34.8 Å². The Balaban J connectivity index is 3.12. The van der Waals surface area contributed by atoms with Gasteiger partial charge in [-0.05, 0) is 11.6 Å². The highest BCUT2D eigenvalue weighted by molar-refractivity contribution is 6.70. The van der Waals surface area contributed by atoms with E-state index in [0.717, 1.165) is 0 Å². The lowest BCUT2D eigenvalue weighted by Gasteiger charge is -2.05. The Hall–Kier alpha value is -0.580. The van der Waals surface area contributed by atoms with Crippen LogP contribution in [0.15, 0.2) is 10.1 Å². The fourth-order valence-electron chi connectivity index (χ4n) is 0.636. The summed E-state index contributed by atoms with van der Waals surface area (Å²) in [7, 11) is 0. The molecule has 0 fully saturated rings. The van der Waals surface area contributed by atoms with Crippen molar-refractivity contribution in [3.8, 4) is 0 Å². The van der Waals surface area contributed by atoms with Crippen LogP contribution < -0.4 is 0 Å². The summed E-state index contributed by atoms with van der Waals surface area (Å²) in [6.45, 7) is 0. The Morgan fingerprint density at radius 2 is 1.42 bits per heavy atom. The van der Waals surface area contributed by atoms with Crippen LogP contribution in [-0.2, 0) is 9.59 Å². The zero-order valence-electron chi connectivity index (χ0n) is 5.31. The van der Waals surface area contributed by atoms with Gasteiger partial charge in [-0.15, -0.1) is 0 Å². The first-order valence-electron chi connectivity index (χ1n) is 2.60. The molecule has 1 rings (SSSR count). The number of hydrogen-bond donors (Lipinski definition) is 0. The molecule has 0 spiro atoms. The van der Waals surface area contributed by atoms with E-state index in [1.165, 1.54) is 0 Å². The first kappa shape index (κ1) is 9.51. The van der Waals surface area contributed by atoms with Crippen molar-refractivity contribution in [2.24, 2.45) is 0 Å². The molecule has 64 valence electrons. The van der Waals surface area contributed by atoms with E-state index in [9.17, 15) is 14.4 Å². The summed E-state index contributed by atoms with van der Waals surface area (Å²) in [6, 6.07) is 0. The van der Waals surface area contributed by atoms with Crippen LogP contribution in [0.3, 0.4) is 0 Å². The molecule has 4 nitrogen and oxygen atoms in total. The number of carbonyl (C=O) groups is 3. The summed E-state index contributed by atoms with van der Waals surface area (Å²) in [5.74, 6) is -1.99. The van der Waals surface area contributed by atoms with E-state index in [1.54, 1.807) is 0 Å². The van der Waals surface area contributed by atoms with Gasteiger partial charge in [0.2, 0.25) is 0 Å². The third-order valence-corrected chi connectivity index (χ3v) is 2.12. The molecule has 0 saturated carbocycles. The van der Waals surface area contributed by atoms with Crippen LogP contribution in [0, 0.1) is 0 Å². The normalized spacial score (nSPS) is 17.8. The Morgan fingerprint density at radius 3 is 1.58 bits per heavy atom. The molecule has 0 saturated heterocycles. The predicted molar refractivity (Wildman–Crippen MR) is 41.8 cm³/mol. The predicted octanol–water partition coefficient (Wildman–Crippen LogP) is 1.40. The van der Waals surface area contributed by atoms with Crippen molar-refractivity contribution >= 4 is 52.0 Å². The van der Waals surface area contributed by atoms with Gasteiger partial charge in [-0.2, -0.15) is 4.90 Å². The lowest BCUT2D eigenvalue weighted by atomic mass is 10.5. The van der Waals surface area contributed by atoms with Crippen LogP contribution in [0.25, 0.3) is 0 Å². The van der Waals surface area contributed by atoms with Crippen molar-refractivity contribution in [1.82, 2.24) is 4.90 Å². The molecule has 0 bridgehead atoms. The number of amides is 3. The Labute approximate surface area is 81.7 Å². The molecule has 3 amide bonds. The fourth-order valence-corrected chi connectivity index (χ4v) is 1.12. The number of rotatable bonds is 0. The maximum Gasteiger partial charge on any atom is 0.330 e. The monoisotopic (exact) mass is 227 g/mol. The third kappa shape index (κ3) is 1.22. The lowest BCUT2D eigenvalue weighted by molar-refractivity contribution is -0.132.